The summed E-state index contributed by atoms with van der Waals surface area (Å²) in [6.07, 6.45) is 1.34. The van der Waals surface area contributed by atoms with Crippen LogP contribution < -0.4 is 4.74 Å². The molecule has 0 radical (unpaired) electrons. The lowest BCUT2D eigenvalue weighted by Gasteiger charge is -2.20. The smallest absolute Gasteiger partial charge is 0.167 e. The van der Waals surface area contributed by atoms with Crippen LogP contribution in [0, 0.1) is 5.41 Å². The van der Waals surface area contributed by atoms with Gasteiger partial charge in [-0.25, -0.2) is 0 Å². The number of fused-ring (bicyclic) bond motifs is 1. The molecule has 0 bridgehead atoms. The van der Waals surface area contributed by atoms with Gasteiger partial charge in [0.05, 0.1) is 12.2 Å². The predicted molar refractivity (Wildman–Crippen MR) is 69.1 cm³/mol. The molecule has 1 aromatic carbocycles. The van der Waals surface area contributed by atoms with Crippen molar-refractivity contribution in [1.29, 1.82) is 0 Å². The van der Waals surface area contributed by atoms with Gasteiger partial charge in [0.25, 0.3) is 0 Å². The molecule has 0 amide bonds. The maximum Gasteiger partial charge on any atom is 0.167 e. The van der Waals surface area contributed by atoms with E-state index in [2.05, 4.69) is 0 Å². The maximum atomic E-state index is 12.1. The topological polar surface area (TPSA) is 26.3 Å². The number of Topliss-reactive ketones (excluding diaryl/α,β-unsaturated/α-hetero) is 1. The van der Waals surface area contributed by atoms with Crippen LogP contribution in [0.4, 0.5) is 0 Å². The second-order valence-electron chi connectivity index (χ2n) is 5.35. The van der Waals surface area contributed by atoms with Gasteiger partial charge < -0.3 is 4.74 Å². The predicted octanol–water partition coefficient (Wildman–Crippen LogP) is 3.89. The summed E-state index contributed by atoms with van der Waals surface area (Å²) in [6, 6.07) is 3.65. The standard InChI is InChI=1S/C14H17ClO2/c1-4-9-5-13-10(6-11(9)15)12(16)7-14(2,3)8-17-13/h5-6H,4,7-8H2,1-3H3. The first-order valence-corrected chi connectivity index (χ1v) is 6.29. The summed E-state index contributed by atoms with van der Waals surface area (Å²) >= 11 is 6.14. The van der Waals surface area contributed by atoms with Crippen molar-refractivity contribution in [2.24, 2.45) is 5.41 Å². The normalized spacial score (nSPS) is 18.2. The molecule has 2 nitrogen and oxygen atoms in total. The number of hydrogen-bond acceptors (Lipinski definition) is 2. The fourth-order valence-corrected chi connectivity index (χ4v) is 2.36. The molecule has 0 unspecified atom stereocenters. The SMILES string of the molecule is CCc1cc2c(cc1Cl)C(=O)CC(C)(C)CO2. The Morgan fingerprint density at radius 2 is 2.12 bits per heavy atom. The molecule has 1 aliphatic rings. The summed E-state index contributed by atoms with van der Waals surface area (Å²) in [6.45, 7) is 6.69. The Hall–Kier alpha value is -1.02. The highest BCUT2D eigenvalue weighted by atomic mass is 35.5. The molecular formula is C14H17ClO2. The number of carbonyl (C=O) groups is 1. The van der Waals surface area contributed by atoms with Crippen LogP contribution in [-0.4, -0.2) is 12.4 Å². The minimum Gasteiger partial charge on any atom is -0.492 e. The van der Waals surface area contributed by atoms with Crippen molar-refractivity contribution in [1.82, 2.24) is 0 Å². The van der Waals surface area contributed by atoms with E-state index in [4.69, 9.17) is 16.3 Å². The quantitative estimate of drug-likeness (QED) is 0.758. The van der Waals surface area contributed by atoms with Crippen LogP contribution in [0.15, 0.2) is 12.1 Å². The Morgan fingerprint density at radius 3 is 2.76 bits per heavy atom. The molecule has 92 valence electrons. The second kappa shape index (κ2) is 4.34. The molecule has 3 heteroatoms. The molecule has 0 aromatic heterocycles. The van der Waals surface area contributed by atoms with E-state index in [-0.39, 0.29) is 11.2 Å². The van der Waals surface area contributed by atoms with Crippen LogP contribution in [0.2, 0.25) is 5.02 Å². The molecule has 1 heterocycles. The molecule has 0 aliphatic carbocycles. The molecule has 0 atom stereocenters. The Bertz CT molecular complexity index is 464. The number of carbonyl (C=O) groups excluding carboxylic acids is 1. The van der Waals surface area contributed by atoms with Crippen molar-refractivity contribution < 1.29 is 9.53 Å². The first kappa shape index (κ1) is 12.4. The molecule has 1 aliphatic heterocycles. The Balaban J connectivity index is 2.48. The highest BCUT2D eigenvalue weighted by Gasteiger charge is 2.29. The monoisotopic (exact) mass is 252 g/mol. The van der Waals surface area contributed by atoms with Crippen molar-refractivity contribution in [3.05, 3.63) is 28.3 Å². The van der Waals surface area contributed by atoms with Gasteiger partial charge in [0.15, 0.2) is 5.78 Å². The molecular weight excluding hydrogens is 236 g/mol. The van der Waals surface area contributed by atoms with Gasteiger partial charge in [-0.1, -0.05) is 32.4 Å². The van der Waals surface area contributed by atoms with Gasteiger partial charge in [0.2, 0.25) is 0 Å². The van der Waals surface area contributed by atoms with Gasteiger partial charge in [0, 0.05) is 16.9 Å². The number of rotatable bonds is 1. The van der Waals surface area contributed by atoms with Gasteiger partial charge in [-0.15, -0.1) is 0 Å². The number of hydrogen-bond donors (Lipinski definition) is 0. The fraction of sp³-hybridized carbons (Fsp3) is 0.500. The number of ketones is 1. The molecule has 17 heavy (non-hydrogen) atoms. The second-order valence-corrected chi connectivity index (χ2v) is 5.75. The molecule has 0 spiro atoms. The van der Waals surface area contributed by atoms with E-state index in [0.29, 0.717) is 29.4 Å². The average molecular weight is 253 g/mol. The number of aryl methyl sites for hydroxylation is 1. The highest BCUT2D eigenvalue weighted by Crippen LogP contribution is 2.35. The fourth-order valence-electron chi connectivity index (χ4n) is 2.06. The summed E-state index contributed by atoms with van der Waals surface area (Å²) in [5.41, 5.74) is 1.53. The van der Waals surface area contributed by atoms with Gasteiger partial charge in [-0.3, -0.25) is 4.79 Å². The third-order valence-electron chi connectivity index (χ3n) is 3.09. The van der Waals surface area contributed by atoms with Crippen molar-refractivity contribution in [3.8, 4) is 5.75 Å². The maximum absolute atomic E-state index is 12.1. The summed E-state index contributed by atoms with van der Waals surface area (Å²) in [5.74, 6) is 0.800. The minimum atomic E-state index is -0.116. The molecule has 0 saturated heterocycles. The molecule has 0 N–H and O–H groups in total. The van der Waals surface area contributed by atoms with Crippen LogP contribution in [0.5, 0.6) is 5.75 Å². The highest BCUT2D eigenvalue weighted by molar-refractivity contribution is 6.31. The van der Waals surface area contributed by atoms with Gasteiger partial charge >= 0.3 is 0 Å². The van der Waals surface area contributed by atoms with Crippen molar-refractivity contribution >= 4 is 17.4 Å². The van der Waals surface area contributed by atoms with Crippen LogP contribution in [0.1, 0.15) is 43.1 Å². The third kappa shape index (κ3) is 2.47. The molecule has 0 fully saturated rings. The van der Waals surface area contributed by atoms with E-state index in [9.17, 15) is 4.79 Å². The van der Waals surface area contributed by atoms with Crippen LogP contribution >= 0.6 is 11.6 Å². The summed E-state index contributed by atoms with van der Waals surface area (Å²) in [7, 11) is 0. The number of benzene rings is 1. The van der Waals surface area contributed by atoms with E-state index in [1.165, 1.54) is 0 Å². The number of ether oxygens (including phenoxy) is 1. The van der Waals surface area contributed by atoms with E-state index in [1.807, 2.05) is 26.8 Å². The van der Waals surface area contributed by atoms with Crippen molar-refractivity contribution in [2.45, 2.75) is 33.6 Å². The van der Waals surface area contributed by atoms with E-state index in [0.717, 1.165) is 12.0 Å². The number of halogens is 1. The molecule has 1 aromatic rings. The largest absolute Gasteiger partial charge is 0.492 e. The van der Waals surface area contributed by atoms with E-state index >= 15 is 0 Å². The van der Waals surface area contributed by atoms with E-state index in [1.54, 1.807) is 6.07 Å². The van der Waals surface area contributed by atoms with Crippen LogP contribution in [0.3, 0.4) is 0 Å². The summed E-state index contributed by atoms with van der Waals surface area (Å²) < 4.78 is 5.75. The van der Waals surface area contributed by atoms with Gasteiger partial charge in [-0.2, -0.15) is 0 Å². The third-order valence-corrected chi connectivity index (χ3v) is 3.44. The van der Waals surface area contributed by atoms with Gasteiger partial charge in [0.1, 0.15) is 5.75 Å². The summed E-state index contributed by atoms with van der Waals surface area (Å²) in [5, 5.41) is 0.655. The zero-order chi connectivity index (χ0) is 12.6. The lowest BCUT2D eigenvalue weighted by atomic mass is 9.87. The van der Waals surface area contributed by atoms with Crippen LogP contribution in [0.25, 0.3) is 0 Å². The zero-order valence-electron chi connectivity index (χ0n) is 10.5. The average Bonchev–Trinajstić information content (AvgIpc) is 2.35. The first-order valence-electron chi connectivity index (χ1n) is 5.91. The minimum absolute atomic E-state index is 0.116. The first-order chi connectivity index (χ1) is 7.93. The van der Waals surface area contributed by atoms with Crippen LogP contribution in [-0.2, 0) is 6.42 Å². The lowest BCUT2D eigenvalue weighted by Crippen LogP contribution is -2.21. The Kier molecular flexibility index (Phi) is 3.17. The van der Waals surface area contributed by atoms with Crippen molar-refractivity contribution in [3.63, 3.8) is 0 Å². The Labute approximate surface area is 107 Å². The molecule has 2 rings (SSSR count). The summed E-state index contributed by atoms with van der Waals surface area (Å²) in [4.78, 5) is 12.1. The van der Waals surface area contributed by atoms with Crippen molar-refractivity contribution in [2.75, 3.05) is 6.61 Å². The lowest BCUT2D eigenvalue weighted by molar-refractivity contribution is 0.0918. The molecule has 0 saturated carbocycles. The van der Waals surface area contributed by atoms with Gasteiger partial charge in [-0.05, 0) is 24.1 Å². The Morgan fingerprint density at radius 1 is 1.41 bits per heavy atom. The zero-order valence-corrected chi connectivity index (χ0v) is 11.2. The van der Waals surface area contributed by atoms with E-state index < -0.39 is 0 Å².